The summed E-state index contributed by atoms with van der Waals surface area (Å²) in [6.07, 6.45) is 11.3. The first-order chi connectivity index (χ1) is 9.18. The smallest absolute Gasteiger partial charge is 0.0774 e. The number of piperidine rings is 1. The highest BCUT2D eigenvalue weighted by Crippen LogP contribution is 2.38. The van der Waals surface area contributed by atoms with Crippen LogP contribution in [-0.2, 0) is 0 Å². The van der Waals surface area contributed by atoms with Crippen molar-refractivity contribution in [3.05, 3.63) is 0 Å². The fraction of sp³-hybridized carbons (Fsp3) is 1.00. The lowest BCUT2D eigenvalue weighted by Gasteiger charge is -2.43. The van der Waals surface area contributed by atoms with Crippen molar-refractivity contribution >= 4 is 0 Å². The summed E-state index contributed by atoms with van der Waals surface area (Å²) in [6.45, 7) is 1.97. The number of likely N-dealkylation sites (tertiary alicyclic amines) is 1. The van der Waals surface area contributed by atoms with Crippen molar-refractivity contribution in [2.24, 2.45) is 5.92 Å². The van der Waals surface area contributed by atoms with Crippen LogP contribution in [0.25, 0.3) is 0 Å². The van der Waals surface area contributed by atoms with Gasteiger partial charge >= 0.3 is 0 Å². The highest BCUT2D eigenvalue weighted by atomic mass is 16.3. The number of aliphatic hydroxyl groups excluding tert-OH is 1. The molecule has 3 nitrogen and oxygen atoms in total. The summed E-state index contributed by atoms with van der Waals surface area (Å²) in [5, 5.41) is 20.9. The van der Waals surface area contributed by atoms with Gasteiger partial charge in [0.15, 0.2) is 0 Å². The normalized spacial score (nSPS) is 39.8. The first kappa shape index (κ1) is 13.8. The van der Waals surface area contributed by atoms with E-state index in [4.69, 9.17) is 0 Å². The van der Waals surface area contributed by atoms with Crippen LogP contribution in [0.5, 0.6) is 0 Å². The molecule has 2 aliphatic carbocycles. The fourth-order valence-corrected chi connectivity index (χ4v) is 4.69. The van der Waals surface area contributed by atoms with Crippen LogP contribution >= 0.6 is 0 Å². The first-order valence-electron chi connectivity index (χ1n) is 8.32. The van der Waals surface area contributed by atoms with E-state index in [2.05, 4.69) is 4.90 Å². The van der Waals surface area contributed by atoms with E-state index in [0.29, 0.717) is 12.0 Å². The Morgan fingerprint density at radius 2 is 1.74 bits per heavy atom. The summed E-state index contributed by atoms with van der Waals surface area (Å²) in [4.78, 5) is 2.52. The van der Waals surface area contributed by atoms with E-state index in [0.717, 1.165) is 32.4 Å². The van der Waals surface area contributed by atoms with Gasteiger partial charge in [0.25, 0.3) is 0 Å². The van der Waals surface area contributed by atoms with Gasteiger partial charge in [-0.15, -0.1) is 0 Å². The summed E-state index contributed by atoms with van der Waals surface area (Å²) in [6, 6.07) is 0.524. The molecule has 3 fully saturated rings. The van der Waals surface area contributed by atoms with Crippen molar-refractivity contribution in [3.63, 3.8) is 0 Å². The standard InChI is InChI=1S/C16H29NO2/c18-15-8-5-6-13(15)14-7-1-4-11-17(14)12-16(19)9-2-3-10-16/h13-15,18-19H,1-12H2. The molecule has 0 amide bonds. The van der Waals surface area contributed by atoms with Gasteiger partial charge in [-0.3, -0.25) is 4.90 Å². The topological polar surface area (TPSA) is 43.7 Å². The Labute approximate surface area is 117 Å². The number of hydrogen-bond donors (Lipinski definition) is 2. The Morgan fingerprint density at radius 1 is 0.947 bits per heavy atom. The van der Waals surface area contributed by atoms with Gasteiger partial charge in [-0.25, -0.2) is 0 Å². The van der Waals surface area contributed by atoms with Gasteiger partial charge < -0.3 is 10.2 Å². The molecule has 0 aromatic rings. The van der Waals surface area contributed by atoms with Crippen molar-refractivity contribution in [1.82, 2.24) is 4.90 Å². The van der Waals surface area contributed by atoms with E-state index < -0.39 is 5.60 Å². The monoisotopic (exact) mass is 267 g/mol. The predicted octanol–water partition coefficient (Wildman–Crippen LogP) is 2.31. The second kappa shape index (κ2) is 5.71. The molecule has 3 unspecified atom stereocenters. The Bertz CT molecular complexity index is 301. The lowest BCUT2D eigenvalue weighted by Crippen LogP contribution is -2.52. The van der Waals surface area contributed by atoms with Gasteiger partial charge in [-0.1, -0.05) is 25.7 Å². The predicted molar refractivity (Wildman–Crippen MR) is 76.0 cm³/mol. The molecule has 3 heteroatoms. The maximum Gasteiger partial charge on any atom is 0.0774 e. The minimum Gasteiger partial charge on any atom is -0.393 e. The van der Waals surface area contributed by atoms with Crippen LogP contribution in [0.1, 0.15) is 64.2 Å². The van der Waals surface area contributed by atoms with Crippen LogP contribution < -0.4 is 0 Å². The van der Waals surface area contributed by atoms with E-state index in [1.165, 1.54) is 44.9 Å². The third kappa shape index (κ3) is 2.98. The Balaban J connectivity index is 1.66. The number of hydrogen-bond acceptors (Lipinski definition) is 3. The summed E-state index contributed by atoms with van der Waals surface area (Å²) < 4.78 is 0. The molecule has 0 bridgehead atoms. The molecule has 0 aromatic carbocycles. The quantitative estimate of drug-likeness (QED) is 0.824. The van der Waals surface area contributed by atoms with Gasteiger partial charge in [0.2, 0.25) is 0 Å². The van der Waals surface area contributed by atoms with Crippen molar-refractivity contribution in [2.75, 3.05) is 13.1 Å². The molecular formula is C16H29NO2. The third-order valence-corrected chi connectivity index (χ3v) is 5.72. The van der Waals surface area contributed by atoms with Crippen molar-refractivity contribution < 1.29 is 10.2 Å². The van der Waals surface area contributed by atoms with Crippen molar-refractivity contribution in [1.29, 1.82) is 0 Å². The molecule has 0 spiro atoms. The summed E-state index contributed by atoms with van der Waals surface area (Å²) >= 11 is 0. The average molecular weight is 267 g/mol. The fourth-order valence-electron chi connectivity index (χ4n) is 4.69. The molecular weight excluding hydrogens is 238 g/mol. The van der Waals surface area contributed by atoms with Gasteiger partial charge in [-0.05, 0) is 45.1 Å². The molecule has 3 aliphatic rings. The third-order valence-electron chi connectivity index (χ3n) is 5.72. The zero-order valence-electron chi connectivity index (χ0n) is 12.1. The van der Waals surface area contributed by atoms with E-state index in [1.54, 1.807) is 0 Å². The van der Waals surface area contributed by atoms with E-state index in [-0.39, 0.29) is 6.10 Å². The van der Waals surface area contributed by atoms with Gasteiger partial charge in [0, 0.05) is 18.5 Å². The molecule has 0 radical (unpaired) electrons. The largest absolute Gasteiger partial charge is 0.393 e. The van der Waals surface area contributed by atoms with Gasteiger partial charge in [0.1, 0.15) is 0 Å². The molecule has 1 saturated heterocycles. The highest BCUT2D eigenvalue weighted by molar-refractivity contribution is 4.95. The second-order valence-electron chi connectivity index (χ2n) is 7.13. The first-order valence-corrected chi connectivity index (χ1v) is 8.32. The lowest BCUT2D eigenvalue weighted by molar-refractivity contribution is -0.0356. The SMILES string of the molecule is OC1CCCC1C1CCCCN1CC1(O)CCCC1. The molecule has 3 atom stereocenters. The summed E-state index contributed by atoms with van der Waals surface area (Å²) in [7, 11) is 0. The average Bonchev–Trinajstić information content (AvgIpc) is 2.99. The molecule has 0 aromatic heterocycles. The zero-order valence-corrected chi connectivity index (χ0v) is 12.1. The molecule has 1 heterocycles. The van der Waals surface area contributed by atoms with Crippen LogP contribution in [0.15, 0.2) is 0 Å². The van der Waals surface area contributed by atoms with Crippen molar-refractivity contribution in [3.8, 4) is 0 Å². The molecule has 1 aliphatic heterocycles. The van der Waals surface area contributed by atoms with Gasteiger partial charge in [-0.2, -0.15) is 0 Å². The minimum absolute atomic E-state index is 0.0937. The number of nitrogens with zero attached hydrogens (tertiary/aromatic N) is 1. The number of β-amino-alcohol motifs (C(OH)–C–C–N with tert-alkyl or cyclic N) is 1. The highest BCUT2D eigenvalue weighted by Gasteiger charge is 2.40. The zero-order chi connectivity index (χ0) is 13.3. The van der Waals surface area contributed by atoms with E-state index >= 15 is 0 Å². The summed E-state index contributed by atoms with van der Waals surface area (Å²) in [5.74, 6) is 0.463. The Morgan fingerprint density at radius 3 is 2.42 bits per heavy atom. The molecule has 3 rings (SSSR count). The summed E-state index contributed by atoms with van der Waals surface area (Å²) in [5.41, 5.74) is -0.431. The molecule has 2 N–H and O–H groups in total. The molecule has 2 saturated carbocycles. The van der Waals surface area contributed by atoms with Crippen LogP contribution in [0, 0.1) is 5.92 Å². The molecule has 19 heavy (non-hydrogen) atoms. The maximum absolute atomic E-state index is 10.7. The number of rotatable bonds is 3. The van der Waals surface area contributed by atoms with Crippen molar-refractivity contribution in [2.45, 2.75) is 82.0 Å². The van der Waals surface area contributed by atoms with E-state index in [1.807, 2.05) is 0 Å². The Hall–Kier alpha value is -0.120. The second-order valence-corrected chi connectivity index (χ2v) is 7.13. The maximum atomic E-state index is 10.7. The number of aliphatic hydroxyl groups is 2. The van der Waals surface area contributed by atoms with Crippen LogP contribution in [0.4, 0.5) is 0 Å². The van der Waals surface area contributed by atoms with Gasteiger partial charge in [0.05, 0.1) is 11.7 Å². The van der Waals surface area contributed by atoms with Crippen LogP contribution in [-0.4, -0.2) is 45.9 Å². The Kier molecular flexibility index (Phi) is 4.16. The lowest BCUT2D eigenvalue weighted by atomic mass is 9.86. The molecule has 110 valence electrons. The van der Waals surface area contributed by atoms with Crippen LogP contribution in [0.3, 0.4) is 0 Å². The van der Waals surface area contributed by atoms with Crippen LogP contribution in [0.2, 0.25) is 0 Å². The van der Waals surface area contributed by atoms with E-state index in [9.17, 15) is 10.2 Å². The minimum atomic E-state index is -0.431.